The van der Waals surface area contributed by atoms with Crippen LogP contribution in [0.25, 0.3) is 0 Å². The minimum absolute atomic E-state index is 0.0891. The Morgan fingerprint density at radius 1 is 1.35 bits per heavy atom. The van der Waals surface area contributed by atoms with Crippen LogP contribution in [0.4, 0.5) is 0 Å². The molecule has 2 heterocycles. The fourth-order valence-electron chi connectivity index (χ4n) is 2.85. The number of sulfonamides is 1. The van der Waals surface area contributed by atoms with Gasteiger partial charge in [0.1, 0.15) is 0 Å². The summed E-state index contributed by atoms with van der Waals surface area (Å²) in [5, 5.41) is 0. The van der Waals surface area contributed by atoms with Crippen LogP contribution in [0.1, 0.15) is 19.8 Å². The van der Waals surface area contributed by atoms with Crippen LogP contribution in [0, 0.1) is 0 Å². The number of fused-ring (bicyclic) bond motifs is 1. The summed E-state index contributed by atoms with van der Waals surface area (Å²) >= 11 is 0. The van der Waals surface area contributed by atoms with Gasteiger partial charge in [0.2, 0.25) is 10.0 Å². The molecule has 0 N–H and O–H groups in total. The molecule has 0 aliphatic carbocycles. The molecule has 2 aliphatic rings. The lowest BCUT2D eigenvalue weighted by atomic mass is 10.1. The van der Waals surface area contributed by atoms with Gasteiger partial charge in [-0.15, -0.1) is 0 Å². The van der Waals surface area contributed by atoms with E-state index in [9.17, 15) is 8.42 Å². The largest absolute Gasteiger partial charge is 0.384 e. The second kappa shape index (κ2) is 5.22. The molecule has 0 aromatic carbocycles. The molecule has 0 unspecified atom stereocenters. The molecule has 2 rings (SSSR count). The molecule has 2 saturated heterocycles. The van der Waals surface area contributed by atoms with E-state index >= 15 is 0 Å². The SMILES string of the molecule is COCCS(=O)(=O)N1C[C@@H]2CCCN2C[C@H]1C. The summed E-state index contributed by atoms with van der Waals surface area (Å²) in [6.07, 6.45) is 2.33. The third-order valence-electron chi connectivity index (χ3n) is 3.78. The van der Waals surface area contributed by atoms with Crippen molar-refractivity contribution in [3.8, 4) is 0 Å². The fourth-order valence-corrected chi connectivity index (χ4v) is 4.48. The highest BCUT2D eigenvalue weighted by atomic mass is 32.2. The minimum Gasteiger partial charge on any atom is -0.384 e. The molecule has 0 saturated carbocycles. The Kier molecular flexibility index (Phi) is 4.07. The van der Waals surface area contributed by atoms with E-state index in [1.54, 1.807) is 4.31 Å². The van der Waals surface area contributed by atoms with Crippen LogP contribution in [-0.2, 0) is 14.8 Å². The molecule has 6 heteroatoms. The molecule has 17 heavy (non-hydrogen) atoms. The predicted octanol–water partition coefficient (Wildman–Crippen LogP) is 0.131. The van der Waals surface area contributed by atoms with Crippen LogP contribution in [0.5, 0.6) is 0 Å². The Morgan fingerprint density at radius 2 is 2.12 bits per heavy atom. The highest BCUT2D eigenvalue weighted by molar-refractivity contribution is 7.89. The number of methoxy groups -OCH3 is 1. The first kappa shape index (κ1) is 13.3. The van der Waals surface area contributed by atoms with Crippen LogP contribution in [-0.4, -0.2) is 68.8 Å². The summed E-state index contributed by atoms with van der Waals surface area (Å²) in [5.74, 6) is 0.0978. The van der Waals surface area contributed by atoms with E-state index in [2.05, 4.69) is 4.90 Å². The number of nitrogens with zero attached hydrogens (tertiary/aromatic N) is 2. The Hall–Kier alpha value is -0.170. The quantitative estimate of drug-likeness (QED) is 0.723. The number of ether oxygens (including phenoxy) is 1. The van der Waals surface area contributed by atoms with Gasteiger partial charge in [0.15, 0.2) is 0 Å². The van der Waals surface area contributed by atoms with E-state index in [1.165, 1.54) is 13.5 Å². The van der Waals surface area contributed by atoms with Gasteiger partial charge in [-0.2, -0.15) is 4.31 Å². The van der Waals surface area contributed by atoms with Crippen LogP contribution in [0.15, 0.2) is 0 Å². The van der Waals surface area contributed by atoms with Crippen molar-refractivity contribution in [1.82, 2.24) is 9.21 Å². The molecule has 0 spiro atoms. The Labute approximate surface area is 104 Å². The normalized spacial score (nSPS) is 31.6. The minimum atomic E-state index is -3.15. The molecule has 0 amide bonds. The van der Waals surface area contributed by atoms with Crippen LogP contribution >= 0.6 is 0 Å². The lowest BCUT2D eigenvalue weighted by Crippen LogP contribution is -2.57. The van der Waals surface area contributed by atoms with Crippen LogP contribution < -0.4 is 0 Å². The lowest BCUT2D eigenvalue weighted by molar-refractivity contribution is 0.116. The van der Waals surface area contributed by atoms with Crippen LogP contribution in [0.2, 0.25) is 0 Å². The standard InChI is InChI=1S/C11H22N2O3S/c1-10-8-12-5-3-4-11(12)9-13(10)17(14,15)7-6-16-2/h10-11H,3-9H2,1-2H3/t10-,11+/m1/s1. The maximum atomic E-state index is 12.2. The number of hydrogen-bond donors (Lipinski definition) is 0. The zero-order valence-electron chi connectivity index (χ0n) is 10.6. The van der Waals surface area contributed by atoms with Gasteiger partial charge in [0, 0.05) is 32.3 Å². The van der Waals surface area contributed by atoms with Crippen molar-refractivity contribution in [1.29, 1.82) is 0 Å². The van der Waals surface area contributed by atoms with Crippen molar-refractivity contribution in [2.45, 2.75) is 31.8 Å². The van der Waals surface area contributed by atoms with E-state index in [0.717, 1.165) is 19.5 Å². The molecule has 0 bridgehead atoms. The van der Waals surface area contributed by atoms with E-state index in [-0.39, 0.29) is 18.4 Å². The zero-order chi connectivity index (χ0) is 12.5. The van der Waals surface area contributed by atoms with Crippen molar-refractivity contribution in [2.24, 2.45) is 0 Å². The maximum absolute atomic E-state index is 12.2. The zero-order valence-corrected chi connectivity index (χ0v) is 11.4. The second-order valence-corrected chi connectivity index (χ2v) is 7.06. The first-order valence-electron chi connectivity index (χ1n) is 6.27. The van der Waals surface area contributed by atoms with Crippen molar-refractivity contribution in [3.05, 3.63) is 0 Å². The lowest BCUT2D eigenvalue weighted by Gasteiger charge is -2.41. The van der Waals surface area contributed by atoms with E-state index in [0.29, 0.717) is 12.6 Å². The topological polar surface area (TPSA) is 49.9 Å². The number of rotatable bonds is 4. The molecule has 2 aliphatic heterocycles. The monoisotopic (exact) mass is 262 g/mol. The van der Waals surface area contributed by atoms with Gasteiger partial charge in [-0.25, -0.2) is 8.42 Å². The maximum Gasteiger partial charge on any atom is 0.216 e. The first-order chi connectivity index (χ1) is 8.04. The Balaban J connectivity index is 2.05. The molecule has 5 nitrogen and oxygen atoms in total. The fraction of sp³-hybridized carbons (Fsp3) is 1.00. The molecule has 0 aromatic heterocycles. The average Bonchev–Trinajstić information content (AvgIpc) is 2.72. The average molecular weight is 262 g/mol. The molecule has 2 fully saturated rings. The number of piperazine rings is 1. The summed E-state index contributed by atoms with van der Waals surface area (Å²) in [4.78, 5) is 2.42. The van der Waals surface area contributed by atoms with Gasteiger partial charge in [-0.05, 0) is 26.3 Å². The predicted molar refractivity (Wildman–Crippen MR) is 66.4 cm³/mol. The summed E-state index contributed by atoms with van der Waals surface area (Å²) in [6.45, 7) is 4.93. The Bertz CT molecular complexity index is 358. The van der Waals surface area contributed by atoms with Gasteiger partial charge in [0.05, 0.1) is 12.4 Å². The van der Waals surface area contributed by atoms with Gasteiger partial charge >= 0.3 is 0 Å². The molecular weight excluding hydrogens is 240 g/mol. The molecule has 100 valence electrons. The molecular formula is C11H22N2O3S. The van der Waals surface area contributed by atoms with Crippen molar-refractivity contribution in [3.63, 3.8) is 0 Å². The van der Waals surface area contributed by atoms with Gasteiger partial charge in [0.25, 0.3) is 0 Å². The van der Waals surface area contributed by atoms with Gasteiger partial charge < -0.3 is 4.74 Å². The van der Waals surface area contributed by atoms with E-state index < -0.39 is 10.0 Å². The summed E-state index contributed by atoms with van der Waals surface area (Å²) in [5.41, 5.74) is 0. The summed E-state index contributed by atoms with van der Waals surface area (Å²) < 4.78 is 30.9. The highest BCUT2D eigenvalue weighted by Gasteiger charge is 2.39. The first-order valence-corrected chi connectivity index (χ1v) is 7.88. The molecule has 0 aromatic rings. The molecule has 2 atom stereocenters. The summed E-state index contributed by atoms with van der Waals surface area (Å²) in [7, 11) is -1.62. The second-order valence-electron chi connectivity index (χ2n) is 5.02. The number of hydrogen-bond acceptors (Lipinski definition) is 4. The van der Waals surface area contributed by atoms with E-state index in [1.807, 2.05) is 6.92 Å². The molecule has 0 radical (unpaired) electrons. The van der Waals surface area contributed by atoms with Crippen LogP contribution in [0.3, 0.4) is 0 Å². The highest BCUT2D eigenvalue weighted by Crippen LogP contribution is 2.26. The van der Waals surface area contributed by atoms with Crippen molar-refractivity contribution >= 4 is 10.0 Å². The summed E-state index contributed by atoms with van der Waals surface area (Å²) in [6, 6.07) is 0.523. The van der Waals surface area contributed by atoms with Crippen molar-refractivity contribution < 1.29 is 13.2 Å². The van der Waals surface area contributed by atoms with Gasteiger partial charge in [-0.3, -0.25) is 4.90 Å². The Morgan fingerprint density at radius 3 is 2.82 bits per heavy atom. The van der Waals surface area contributed by atoms with E-state index in [4.69, 9.17) is 4.74 Å². The van der Waals surface area contributed by atoms with Crippen molar-refractivity contribution in [2.75, 3.05) is 39.1 Å². The smallest absolute Gasteiger partial charge is 0.216 e. The van der Waals surface area contributed by atoms with Gasteiger partial charge in [-0.1, -0.05) is 0 Å². The third-order valence-corrected chi connectivity index (χ3v) is 5.69. The third kappa shape index (κ3) is 2.81.